The summed E-state index contributed by atoms with van der Waals surface area (Å²) in [6.45, 7) is 3.00. The highest BCUT2D eigenvalue weighted by atomic mass is 35.5. The van der Waals surface area contributed by atoms with E-state index in [1.807, 2.05) is 0 Å². The fraction of sp³-hybridized carbons (Fsp3) is 0.333. The van der Waals surface area contributed by atoms with Crippen LogP contribution in [0.3, 0.4) is 0 Å². The Labute approximate surface area is 205 Å². The van der Waals surface area contributed by atoms with Crippen molar-refractivity contribution in [3.05, 3.63) is 51.5 Å². The van der Waals surface area contributed by atoms with Crippen molar-refractivity contribution in [1.29, 1.82) is 0 Å². The Morgan fingerprint density at radius 3 is 2.49 bits per heavy atom. The molecule has 35 heavy (non-hydrogen) atoms. The summed E-state index contributed by atoms with van der Waals surface area (Å²) >= 11 is 5.74. The van der Waals surface area contributed by atoms with Crippen LogP contribution >= 0.6 is 11.6 Å². The van der Waals surface area contributed by atoms with E-state index >= 15 is 0 Å². The molecule has 0 radical (unpaired) electrons. The van der Waals surface area contributed by atoms with Crippen molar-refractivity contribution in [2.75, 3.05) is 25.1 Å². The quantitative estimate of drug-likeness (QED) is 0.283. The Morgan fingerprint density at radius 2 is 1.83 bits per heavy atom. The van der Waals surface area contributed by atoms with Gasteiger partial charge in [-0.1, -0.05) is 25.4 Å². The van der Waals surface area contributed by atoms with Crippen LogP contribution in [-0.2, 0) is 24.3 Å². The van der Waals surface area contributed by atoms with E-state index < -0.39 is 51.1 Å². The van der Waals surface area contributed by atoms with E-state index in [1.54, 1.807) is 13.8 Å². The molecule has 0 saturated carbocycles. The van der Waals surface area contributed by atoms with Crippen molar-refractivity contribution in [2.45, 2.75) is 24.8 Å². The fourth-order valence-corrected chi connectivity index (χ4v) is 4.57. The SMILES string of the molecule is CC(C)C(NS(=O)(=O)c1ccc2c(c1)OCCO2)C(=O)OCC(=O)Nc1ccc(Cl)cc1[N+](=O)[O-]. The maximum absolute atomic E-state index is 12.9. The van der Waals surface area contributed by atoms with Crippen molar-refractivity contribution in [2.24, 2.45) is 5.92 Å². The summed E-state index contributed by atoms with van der Waals surface area (Å²) in [4.78, 5) is 35.1. The lowest BCUT2D eigenvalue weighted by Crippen LogP contribution is -2.45. The Hall–Kier alpha value is -3.42. The number of anilines is 1. The number of ether oxygens (including phenoxy) is 3. The Balaban J connectivity index is 1.66. The van der Waals surface area contributed by atoms with E-state index in [0.717, 1.165) is 6.07 Å². The molecule has 1 amide bonds. The number of sulfonamides is 1. The summed E-state index contributed by atoms with van der Waals surface area (Å²) in [5, 5.41) is 13.5. The Morgan fingerprint density at radius 1 is 1.14 bits per heavy atom. The van der Waals surface area contributed by atoms with Crippen LogP contribution in [0, 0.1) is 16.0 Å². The van der Waals surface area contributed by atoms with Gasteiger partial charge in [0, 0.05) is 17.2 Å². The van der Waals surface area contributed by atoms with Gasteiger partial charge in [0.2, 0.25) is 10.0 Å². The minimum Gasteiger partial charge on any atom is -0.486 e. The van der Waals surface area contributed by atoms with Gasteiger partial charge in [-0.25, -0.2) is 8.42 Å². The van der Waals surface area contributed by atoms with Gasteiger partial charge in [-0.2, -0.15) is 4.72 Å². The standard InChI is InChI=1S/C21H22ClN3O9S/c1-12(2)20(24-35(30,31)14-4-6-17-18(10-14)33-8-7-32-17)21(27)34-11-19(26)23-15-5-3-13(22)9-16(15)25(28)29/h3-6,9-10,12,20,24H,7-8,11H2,1-2H3,(H,23,26). The summed E-state index contributed by atoms with van der Waals surface area (Å²) < 4.78 is 43.8. The van der Waals surface area contributed by atoms with E-state index in [1.165, 1.54) is 30.3 Å². The first-order valence-corrected chi connectivity index (χ1v) is 12.2. The molecule has 1 aliphatic rings. The second-order valence-corrected chi connectivity index (χ2v) is 9.87. The van der Waals surface area contributed by atoms with Crippen LogP contribution in [0.4, 0.5) is 11.4 Å². The molecule has 0 aromatic heterocycles. The largest absolute Gasteiger partial charge is 0.486 e. The smallest absolute Gasteiger partial charge is 0.324 e. The van der Waals surface area contributed by atoms with Gasteiger partial charge in [-0.05, 0) is 30.2 Å². The maximum Gasteiger partial charge on any atom is 0.324 e. The van der Waals surface area contributed by atoms with Crippen molar-refractivity contribution in [1.82, 2.24) is 4.72 Å². The molecule has 2 aromatic rings. The molecule has 188 valence electrons. The van der Waals surface area contributed by atoms with E-state index in [9.17, 15) is 28.1 Å². The number of carbonyl (C=O) groups excluding carboxylic acids is 2. The van der Waals surface area contributed by atoms with Gasteiger partial charge in [-0.3, -0.25) is 19.7 Å². The summed E-state index contributed by atoms with van der Waals surface area (Å²) in [7, 11) is -4.16. The molecule has 0 bridgehead atoms. The Bertz CT molecular complexity index is 1250. The number of hydrogen-bond acceptors (Lipinski definition) is 9. The molecule has 14 heteroatoms. The minimum atomic E-state index is -4.16. The molecule has 0 fully saturated rings. The zero-order chi connectivity index (χ0) is 25.8. The van der Waals surface area contributed by atoms with E-state index in [2.05, 4.69) is 10.0 Å². The van der Waals surface area contributed by atoms with E-state index in [-0.39, 0.29) is 28.0 Å². The van der Waals surface area contributed by atoms with Gasteiger partial charge in [0.1, 0.15) is 24.9 Å². The van der Waals surface area contributed by atoms with Crippen molar-refractivity contribution < 1.29 is 37.1 Å². The number of nitrogens with zero attached hydrogens (tertiary/aromatic N) is 1. The highest BCUT2D eigenvalue weighted by molar-refractivity contribution is 7.89. The number of nitro groups is 1. The van der Waals surface area contributed by atoms with Crippen LogP contribution in [0.2, 0.25) is 5.02 Å². The monoisotopic (exact) mass is 527 g/mol. The van der Waals surface area contributed by atoms with Gasteiger partial charge < -0.3 is 19.5 Å². The van der Waals surface area contributed by atoms with Crippen molar-refractivity contribution >= 4 is 44.9 Å². The molecule has 12 nitrogen and oxygen atoms in total. The third-order valence-corrected chi connectivity index (χ3v) is 6.48. The normalized spacial score (nSPS) is 13.7. The minimum absolute atomic E-state index is 0.103. The topological polar surface area (TPSA) is 163 Å². The molecule has 1 unspecified atom stereocenters. The summed E-state index contributed by atoms with van der Waals surface area (Å²) in [5.41, 5.74) is -0.579. The third kappa shape index (κ3) is 6.59. The second kappa shape index (κ2) is 10.9. The molecule has 3 rings (SSSR count). The molecule has 0 saturated heterocycles. The highest BCUT2D eigenvalue weighted by Gasteiger charge is 2.31. The van der Waals surface area contributed by atoms with Crippen molar-refractivity contribution in [3.8, 4) is 11.5 Å². The van der Waals surface area contributed by atoms with Crippen LogP contribution in [0.1, 0.15) is 13.8 Å². The number of carbonyl (C=O) groups is 2. The predicted molar refractivity (Wildman–Crippen MR) is 124 cm³/mol. The summed E-state index contributed by atoms with van der Waals surface area (Å²) in [6, 6.07) is 6.37. The van der Waals surface area contributed by atoms with Gasteiger partial charge in [0.05, 0.1) is 9.82 Å². The average Bonchev–Trinajstić information content (AvgIpc) is 2.81. The number of benzene rings is 2. The van der Waals surface area contributed by atoms with Gasteiger partial charge in [-0.15, -0.1) is 0 Å². The molecular formula is C21H22ClN3O9S. The summed E-state index contributed by atoms with van der Waals surface area (Å²) in [5.74, 6) is -1.73. The van der Waals surface area contributed by atoms with E-state index in [0.29, 0.717) is 12.4 Å². The number of hydrogen-bond donors (Lipinski definition) is 2. The number of nitro benzene ring substituents is 1. The number of rotatable bonds is 9. The number of esters is 1. The van der Waals surface area contributed by atoms with Crippen molar-refractivity contribution in [3.63, 3.8) is 0 Å². The third-order valence-electron chi connectivity index (χ3n) is 4.80. The number of halogens is 1. The van der Waals surface area contributed by atoms with Crippen LogP contribution in [0.25, 0.3) is 0 Å². The maximum atomic E-state index is 12.9. The fourth-order valence-electron chi connectivity index (χ4n) is 3.06. The first-order valence-electron chi connectivity index (χ1n) is 10.3. The first-order chi connectivity index (χ1) is 16.5. The molecule has 2 N–H and O–H groups in total. The van der Waals surface area contributed by atoms with E-state index in [4.69, 9.17) is 25.8 Å². The molecule has 0 aliphatic carbocycles. The zero-order valence-corrected chi connectivity index (χ0v) is 20.2. The molecule has 2 aromatic carbocycles. The average molecular weight is 528 g/mol. The van der Waals surface area contributed by atoms with Gasteiger partial charge >= 0.3 is 5.97 Å². The molecular weight excluding hydrogens is 506 g/mol. The molecule has 1 heterocycles. The van der Waals surface area contributed by atoms with Crippen LogP contribution in [0.15, 0.2) is 41.3 Å². The molecule has 0 spiro atoms. The lowest BCUT2D eigenvalue weighted by atomic mass is 10.1. The van der Waals surface area contributed by atoms with Gasteiger partial charge in [0.25, 0.3) is 11.6 Å². The number of nitrogens with one attached hydrogen (secondary N) is 2. The zero-order valence-electron chi connectivity index (χ0n) is 18.6. The number of fused-ring (bicyclic) bond motifs is 1. The van der Waals surface area contributed by atoms with Gasteiger partial charge in [0.15, 0.2) is 18.1 Å². The number of amides is 1. The lowest BCUT2D eigenvalue weighted by molar-refractivity contribution is -0.383. The summed E-state index contributed by atoms with van der Waals surface area (Å²) in [6.07, 6.45) is 0. The highest BCUT2D eigenvalue weighted by Crippen LogP contribution is 2.32. The predicted octanol–water partition coefficient (Wildman–Crippen LogP) is 2.50. The van der Waals surface area contributed by atoms with Crippen LogP contribution < -0.4 is 19.5 Å². The first kappa shape index (κ1) is 26.2. The lowest BCUT2D eigenvalue weighted by Gasteiger charge is -2.22. The molecule has 1 aliphatic heterocycles. The Kier molecular flexibility index (Phi) is 8.14. The second-order valence-electron chi connectivity index (χ2n) is 7.72. The van der Waals surface area contributed by atoms with Crippen LogP contribution in [0.5, 0.6) is 11.5 Å². The molecule has 1 atom stereocenters. The van der Waals surface area contributed by atoms with Crippen LogP contribution in [-0.4, -0.2) is 51.1 Å².